The van der Waals surface area contributed by atoms with Gasteiger partial charge in [0.1, 0.15) is 0 Å². The summed E-state index contributed by atoms with van der Waals surface area (Å²) in [7, 11) is 0. The zero-order valence-corrected chi connectivity index (χ0v) is 9.97. The minimum absolute atomic E-state index is 0. The molecule has 2 aliphatic carbocycles. The summed E-state index contributed by atoms with van der Waals surface area (Å²) in [4.78, 5) is 0. The zero-order chi connectivity index (χ0) is 6.97. The average molecular weight is 225 g/mol. The smallest absolute Gasteiger partial charge is 0 e. The predicted octanol–water partition coefficient (Wildman–Crippen LogP) is 2.85. The van der Waals surface area contributed by atoms with Crippen molar-refractivity contribution < 1.29 is 32.7 Å². The Labute approximate surface area is 95.4 Å². The third-order valence-electron chi connectivity index (χ3n) is 3.21. The van der Waals surface area contributed by atoms with Gasteiger partial charge in [-0.1, -0.05) is 31.6 Å². The Bertz CT molecular complexity index is 110. The summed E-state index contributed by atoms with van der Waals surface area (Å²) in [5.41, 5.74) is 0. The summed E-state index contributed by atoms with van der Waals surface area (Å²) >= 11 is 0. The molecule has 2 rings (SSSR count). The van der Waals surface area contributed by atoms with Gasteiger partial charge in [-0.3, -0.25) is 0 Å². The first-order valence-corrected chi connectivity index (χ1v) is 4.54. The molecule has 0 aromatic heterocycles. The fourth-order valence-corrected chi connectivity index (χ4v) is 2.64. The van der Waals surface area contributed by atoms with E-state index in [0.717, 1.165) is 24.2 Å². The SMILES string of the molecule is [CH2-]CC1[CH-]C2CCCC2C1.[Y]. The van der Waals surface area contributed by atoms with Gasteiger partial charge in [0.2, 0.25) is 0 Å². The van der Waals surface area contributed by atoms with Crippen molar-refractivity contribution in [2.75, 3.05) is 0 Å². The standard InChI is InChI=1S/C10H16.Y/c1-2-8-6-9-4-3-5-10(9)7-8;/h6,8-10H,1-5,7H2;/q-2;. The molecule has 0 saturated heterocycles. The largest absolute Gasteiger partial charge is 0.345 e. The Morgan fingerprint density at radius 1 is 1.36 bits per heavy atom. The second-order valence-electron chi connectivity index (χ2n) is 3.83. The summed E-state index contributed by atoms with van der Waals surface area (Å²) in [6.07, 6.45) is 9.61. The van der Waals surface area contributed by atoms with Gasteiger partial charge in [0, 0.05) is 32.7 Å². The Kier molecular flexibility index (Phi) is 4.05. The third kappa shape index (κ3) is 2.07. The minimum atomic E-state index is 0. The first kappa shape index (κ1) is 10.2. The molecule has 0 aromatic carbocycles. The van der Waals surface area contributed by atoms with Crippen LogP contribution in [0.1, 0.15) is 32.1 Å². The van der Waals surface area contributed by atoms with Crippen LogP contribution in [0.3, 0.4) is 0 Å². The maximum atomic E-state index is 3.96. The summed E-state index contributed by atoms with van der Waals surface area (Å²) < 4.78 is 0. The molecule has 0 N–H and O–H groups in total. The Balaban J connectivity index is 0.000000605. The van der Waals surface area contributed by atoms with Crippen molar-refractivity contribution in [3.05, 3.63) is 13.3 Å². The van der Waals surface area contributed by atoms with E-state index in [1.807, 2.05) is 0 Å². The summed E-state index contributed by atoms with van der Waals surface area (Å²) in [5.74, 6) is 2.92. The molecule has 61 valence electrons. The van der Waals surface area contributed by atoms with E-state index < -0.39 is 0 Å². The Hall–Kier alpha value is 1.10. The third-order valence-corrected chi connectivity index (χ3v) is 3.21. The van der Waals surface area contributed by atoms with Gasteiger partial charge >= 0.3 is 0 Å². The molecular formula is C10H16Y-2. The average Bonchev–Trinajstić information content (AvgIpc) is 2.42. The van der Waals surface area contributed by atoms with Crippen LogP contribution in [0, 0.1) is 31.1 Å². The number of hydrogen-bond acceptors (Lipinski definition) is 0. The predicted molar refractivity (Wildman–Crippen MR) is 43.2 cm³/mol. The zero-order valence-electron chi connectivity index (χ0n) is 7.13. The van der Waals surface area contributed by atoms with E-state index in [1.54, 1.807) is 0 Å². The molecule has 0 heterocycles. The van der Waals surface area contributed by atoms with Crippen LogP contribution in [-0.4, -0.2) is 0 Å². The van der Waals surface area contributed by atoms with Gasteiger partial charge in [-0.25, -0.2) is 6.42 Å². The molecule has 0 aliphatic heterocycles. The molecule has 2 saturated carbocycles. The molecule has 2 fully saturated rings. The maximum absolute atomic E-state index is 3.96. The van der Waals surface area contributed by atoms with Crippen molar-refractivity contribution in [2.45, 2.75) is 32.1 Å². The Morgan fingerprint density at radius 2 is 2.18 bits per heavy atom. The second-order valence-corrected chi connectivity index (χ2v) is 3.83. The number of rotatable bonds is 1. The topological polar surface area (TPSA) is 0 Å². The van der Waals surface area contributed by atoms with Crippen molar-refractivity contribution in [1.82, 2.24) is 0 Å². The van der Waals surface area contributed by atoms with Crippen LogP contribution < -0.4 is 0 Å². The molecule has 1 radical (unpaired) electrons. The van der Waals surface area contributed by atoms with E-state index in [2.05, 4.69) is 13.3 Å². The van der Waals surface area contributed by atoms with Gasteiger partial charge in [-0.2, -0.15) is 11.8 Å². The first-order chi connectivity index (χ1) is 4.90. The van der Waals surface area contributed by atoms with Crippen LogP contribution in [0.4, 0.5) is 0 Å². The van der Waals surface area contributed by atoms with Gasteiger partial charge < -0.3 is 13.3 Å². The van der Waals surface area contributed by atoms with E-state index in [4.69, 9.17) is 0 Å². The monoisotopic (exact) mass is 225 g/mol. The molecule has 3 atom stereocenters. The van der Waals surface area contributed by atoms with Crippen molar-refractivity contribution in [2.24, 2.45) is 17.8 Å². The van der Waals surface area contributed by atoms with Gasteiger partial charge in [0.15, 0.2) is 0 Å². The van der Waals surface area contributed by atoms with Gasteiger partial charge in [0.05, 0.1) is 0 Å². The molecule has 1 heteroatoms. The van der Waals surface area contributed by atoms with E-state index in [0.29, 0.717) is 0 Å². The molecule has 2 aliphatic rings. The van der Waals surface area contributed by atoms with Crippen molar-refractivity contribution in [1.29, 1.82) is 0 Å². The van der Waals surface area contributed by atoms with Crippen LogP contribution in [0.2, 0.25) is 0 Å². The number of hydrogen-bond donors (Lipinski definition) is 0. The Morgan fingerprint density at radius 3 is 2.82 bits per heavy atom. The molecular weight excluding hydrogens is 209 g/mol. The van der Waals surface area contributed by atoms with Crippen molar-refractivity contribution in [3.8, 4) is 0 Å². The van der Waals surface area contributed by atoms with Gasteiger partial charge in [-0.15, -0.1) is 0 Å². The van der Waals surface area contributed by atoms with E-state index in [9.17, 15) is 0 Å². The first-order valence-electron chi connectivity index (χ1n) is 4.54. The number of fused-ring (bicyclic) bond motifs is 1. The van der Waals surface area contributed by atoms with Crippen LogP contribution in [0.5, 0.6) is 0 Å². The quantitative estimate of drug-likeness (QED) is 0.602. The second kappa shape index (κ2) is 4.37. The van der Waals surface area contributed by atoms with Crippen LogP contribution >= 0.6 is 0 Å². The van der Waals surface area contributed by atoms with Crippen molar-refractivity contribution in [3.63, 3.8) is 0 Å². The molecule has 3 unspecified atom stereocenters. The fraction of sp³-hybridized carbons (Fsp3) is 0.800. The fourth-order valence-electron chi connectivity index (χ4n) is 2.64. The molecule has 0 amide bonds. The van der Waals surface area contributed by atoms with E-state index in [-0.39, 0.29) is 32.7 Å². The van der Waals surface area contributed by atoms with Crippen LogP contribution in [0.15, 0.2) is 0 Å². The van der Waals surface area contributed by atoms with Gasteiger partial charge in [-0.05, 0) is 0 Å². The molecule has 11 heavy (non-hydrogen) atoms. The summed E-state index contributed by atoms with van der Waals surface area (Å²) in [6.45, 7) is 3.96. The summed E-state index contributed by atoms with van der Waals surface area (Å²) in [6, 6.07) is 0. The van der Waals surface area contributed by atoms with Crippen LogP contribution in [0.25, 0.3) is 0 Å². The molecule has 0 aromatic rings. The maximum Gasteiger partial charge on any atom is 0 e. The van der Waals surface area contributed by atoms with E-state index >= 15 is 0 Å². The van der Waals surface area contributed by atoms with Crippen LogP contribution in [-0.2, 0) is 32.7 Å². The van der Waals surface area contributed by atoms with Gasteiger partial charge in [0.25, 0.3) is 0 Å². The summed E-state index contributed by atoms with van der Waals surface area (Å²) in [5, 5.41) is 0. The molecule has 0 spiro atoms. The normalized spacial score (nSPS) is 41.7. The van der Waals surface area contributed by atoms with E-state index in [1.165, 1.54) is 25.7 Å². The molecule has 0 nitrogen and oxygen atoms in total. The minimum Gasteiger partial charge on any atom is -0.345 e. The van der Waals surface area contributed by atoms with Crippen molar-refractivity contribution >= 4 is 0 Å². The molecule has 0 bridgehead atoms.